The van der Waals surface area contributed by atoms with Crippen LogP contribution in [0.5, 0.6) is 0 Å². The van der Waals surface area contributed by atoms with Gasteiger partial charge in [0.05, 0.1) is 18.3 Å². The van der Waals surface area contributed by atoms with Crippen molar-refractivity contribution in [2.75, 3.05) is 13.1 Å². The van der Waals surface area contributed by atoms with Gasteiger partial charge in [-0.15, -0.1) is 11.3 Å². The molecule has 0 saturated heterocycles. The predicted octanol–water partition coefficient (Wildman–Crippen LogP) is 1.76. The van der Waals surface area contributed by atoms with E-state index in [1.807, 2.05) is 0 Å². The van der Waals surface area contributed by atoms with Crippen LogP contribution in [0, 0.1) is 5.82 Å². The summed E-state index contributed by atoms with van der Waals surface area (Å²) in [6, 6.07) is 7.48. The van der Waals surface area contributed by atoms with Gasteiger partial charge in [-0.1, -0.05) is 12.1 Å². The minimum Gasteiger partial charge on any atom is -0.350 e. The number of carbonyl (C=O) groups is 2. The molecule has 2 amide bonds. The summed E-state index contributed by atoms with van der Waals surface area (Å²) in [4.78, 5) is 43.3. The highest BCUT2D eigenvalue weighted by Crippen LogP contribution is 2.13. The molecule has 9 heteroatoms. The smallest absolute Gasteiger partial charge is 0.262 e. The first-order valence-corrected chi connectivity index (χ1v) is 9.57. The third-order valence-electron chi connectivity index (χ3n) is 4.23. The van der Waals surface area contributed by atoms with Gasteiger partial charge in [0.1, 0.15) is 17.2 Å². The van der Waals surface area contributed by atoms with E-state index in [1.165, 1.54) is 39.3 Å². The van der Waals surface area contributed by atoms with Gasteiger partial charge in [-0.05, 0) is 36.1 Å². The summed E-state index contributed by atoms with van der Waals surface area (Å²) in [5.74, 6) is -1.03. The Hall–Kier alpha value is -3.07. The molecule has 7 nitrogen and oxygen atoms in total. The Balaban J connectivity index is 1.59. The highest BCUT2D eigenvalue weighted by Gasteiger charge is 2.17. The summed E-state index contributed by atoms with van der Waals surface area (Å²) in [5, 5.41) is 4.94. The van der Waals surface area contributed by atoms with Crippen LogP contribution >= 0.6 is 11.3 Å². The lowest BCUT2D eigenvalue weighted by molar-refractivity contribution is -0.136. The maximum Gasteiger partial charge on any atom is 0.262 e. The lowest BCUT2D eigenvalue weighted by Gasteiger charge is -2.20. The van der Waals surface area contributed by atoms with Gasteiger partial charge in [0.15, 0.2) is 0 Å². The average molecular weight is 402 g/mol. The lowest BCUT2D eigenvalue weighted by atomic mass is 10.2. The van der Waals surface area contributed by atoms with Crippen molar-refractivity contribution in [2.45, 2.75) is 20.0 Å². The van der Waals surface area contributed by atoms with E-state index in [9.17, 15) is 18.8 Å². The van der Waals surface area contributed by atoms with Crippen LogP contribution in [0.2, 0.25) is 0 Å². The number of carbonyl (C=O) groups excluding carboxylic acids is 2. The lowest BCUT2D eigenvalue weighted by Crippen LogP contribution is -2.42. The first-order valence-electron chi connectivity index (χ1n) is 8.69. The highest BCUT2D eigenvalue weighted by molar-refractivity contribution is 7.16. The van der Waals surface area contributed by atoms with E-state index in [1.54, 1.807) is 30.5 Å². The van der Waals surface area contributed by atoms with Crippen molar-refractivity contribution in [3.63, 3.8) is 0 Å². The summed E-state index contributed by atoms with van der Waals surface area (Å²) in [6.45, 7) is 2.01. The second kappa shape index (κ2) is 8.75. The Bertz CT molecular complexity index is 1050. The molecule has 0 atom stereocenters. The number of aromatic nitrogens is 2. The molecule has 0 aliphatic heterocycles. The van der Waals surface area contributed by atoms with Gasteiger partial charge in [-0.2, -0.15) is 0 Å². The molecule has 0 bridgehead atoms. The maximum absolute atomic E-state index is 12.9. The quantitative estimate of drug-likeness (QED) is 0.653. The normalized spacial score (nSPS) is 10.8. The molecule has 0 fully saturated rings. The topological polar surface area (TPSA) is 84.3 Å². The predicted molar refractivity (Wildman–Crippen MR) is 104 cm³/mol. The Morgan fingerprint density at radius 2 is 2.00 bits per heavy atom. The fraction of sp³-hybridized carbons (Fsp3) is 0.263. The summed E-state index contributed by atoms with van der Waals surface area (Å²) >= 11 is 1.36. The molecular formula is C19H19FN4O3S. The van der Waals surface area contributed by atoms with Crippen LogP contribution in [0.3, 0.4) is 0 Å². The SMILES string of the molecule is CCN(CC(=O)NCc1ccc(F)cc1)C(=O)Cn1cnc2sccc2c1=O. The molecule has 0 spiro atoms. The molecule has 146 valence electrons. The van der Waals surface area contributed by atoms with Crippen LogP contribution in [0.4, 0.5) is 4.39 Å². The van der Waals surface area contributed by atoms with Gasteiger partial charge < -0.3 is 10.2 Å². The van der Waals surface area contributed by atoms with Crippen molar-refractivity contribution in [2.24, 2.45) is 0 Å². The van der Waals surface area contributed by atoms with Crippen LogP contribution in [-0.2, 0) is 22.7 Å². The fourth-order valence-corrected chi connectivity index (χ4v) is 3.38. The zero-order valence-corrected chi connectivity index (χ0v) is 16.0. The first-order chi connectivity index (χ1) is 13.5. The van der Waals surface area contributed by atoms with Crippen LogP contribution in [0.25, 0.3) is 10.2 Å². The molecule has 1 N–H and O–H groups in total. The van der Waals surface area contributed by atoms with E-state index in [4.69, 9.17) is 0 Å². The number of halogens is 1. The zero-order valence-electron chi connectivity index (χ0n) is 15.2. The van der Waals surface area contributed by atoms with Crippen molar-refractivity contribution < 1.29 is 14.0 Å². The van der Waals surface area contributed by atoms with Crippen LogP contribution in [0.15, 0.2) is 46.8 Å². The molecule has 3 rings (SSSR count). The largest absolute Gasteiger partial charge is 0.350 e. The van der Waals surface area contributed by atoms with E-state index in [0.717, 1.165) is 5.56 Å². The first kappa shape index (κ1) is 19.7. The number of hydrogen-bond donors (Lipinski definition) is 1. The minimum absolute atomic E-state index is 0.126. The Labute approximate surface area is 164 Å². The van der Waals surface area contributed by atoms with Crippen LogP contribution in [0.1, 0.15) is 12.5 Å². The number of benzene rings is 1. The number of hydrogen-bond acceptors (Lipinski definition) is 5. The van der Waals surface area contributed by atoms with Crippen molar-refractivity contribution in [3.8, 4) is 0 Å². The molecule has 2 aromatic heterocycles. The summed E-state index contributed by atoms with van der Waals surface area (Å²) < 4.78 is 14.2. The van der Waals surface area contributed by atoms with Gasteiger partial charge in [0, 0.05) is 13.1 Å². The third kappa shape index (κ3) is 4.61. The fourth-order valence-electron chi connectivity index (χ4n) is 2.66. The highest BCUT2D eigenvalue weighted by atomic mass is 32.1. The number of amides is 2. The molecule has 0 aliphatic rings. The number of likely N-dealkylation sites (N-methyl/N-ethyl adjacent to an activating group) is 1. The minimum atomic E-state index is -0.349. The summed E-state index contributed by atoms with van der Waals surface area (Å²) in [7, 11) is 0. The maximum atomic E-state index is 12.9. The van der Waals surface area contributed by atoms with Crippen LogP contribution in [-0.4, -0.2) is 39.4 Å². The van der Waals surface area contributed by atoms with E-state index in [-0.39, 0.29) is 42.8 Å². The van der Waals surface area contributed by atoms with E-state index in [2.05, 4.69) is 10.3 Å². The molecule has 0 unspecified atom stereocenters. The van der Waals surface area contributed by atoms with Gasteiger partial charge >= 0.3 is 0 Å². The van der Waals surface area contributed by atoms with Crippen molar-refractivity contribution in [1.82, 2.24) is 19.8 Å². The Morgan fingerprint density at radius 1 is 1.25 bits per heavy atom. The van der Waals surface area contributed by atoms with Gasteiger partial charge in [0.2, 0.25) is 11.8 Å². The number of nitrogens with zero attached hydrogens (tertiary/aromatic N) is 3. The molecule has 1 aromatic carbocycles. The Morgan fingerprint density at radius 3 is 2.71 bits per heavy atom. The zero-order chi connectivity index (χ0) is 20.1. The summed E-state index contributed by atoms with van der Waals surface area (Å²) in [6.07, 6.45) is 1.35. The van der Waals surface area contributed by atoms with Crippen molar-refractivity contribution >= 4 is 33.4 Å². The van der Waals surface area contributed by atoms with Gasteiger partial charge in [-0.3, -0.25) is 19.0 Å². The monoisotopic (exact) mass is 402 g/mol. The second-order valence-electron chi connectivity index (χ2n) is 6.13. The van der Waals surface area contributed by atoms with Gasteiger partial charge in [0.25, 0.3) is 5.56 Å². The standard InChI is InChI=1S/C19H19FN4O3S/c1-2-23(10-16(25)21-9-13-3-5-14(20)6-4-13)17(26)11-24-12-22-18-15(19(24)27)7-8-28-18/h3-8,12H,2,9-11H2,1H3,(H,21,25). The third-order valence-corrected chi connectivity index (χ3v) is 5.05. The molecule has 0 radical (unpaired) electrons. The summed E-state index contributed by atoms with van der Waals surface area (Å²) in [5.41, 5.74) is 0.474. The van der Waals surface area contributed by atoms with E-state index < -0.39 is 0 Å². The second-order valence-corrected chi connectivity index (χ2v) is 7.02. The number of fused-ring (bicyclic) bond motifs is 1. The average Bonchev–Trinajstić information content (AvgIpc) is 3.17. The number of nitrogens with one attached hydrogen (secondary N) is 1. The van der Waals surface area contributed by atoms with Crippen molar-refractivity contribution in [3.05, 3.63) is 63.8 Å². The molecular weight excluding hydrogens is 383 g/mol. The molecule has 3 aromatic rings. The van der Waals surface area contributed by atoms with E-state index in [0.29, 0.717) is 16.8 Å². The number of thiophene rings is 1. The van der Waals surface area contributed by atoms with E-state index >= 15 is 0 Å². The number of rotatable bonds is 7. The van der Waals surface area contributed by atoms with Gasteiger partial charge in [-0.25, -0.2) is 9.37 Å². The molecule has 0 saturated carbocycles. The Kier molecular flexibility index (Phi) is 6.15. The molecule has 0 aliphatic carbocycles. The van der Waals surface area contributed by atoms with Crippen molar-refractivity contribution in [1.29, 1.82) is 0 Å². The molecule has 28 heavy (non-hydrogen) atoms. The van der Waals surface area contributed by atoms with Crippen LogP contribution < -0.4 is 10.9 Å². The molecule has 2 heterocycles.